The third-order valence-electron chi connectivity index (χ3n) is 4.79. The van der Waals surface area contributed by atoms with Crippen molar-refractivity contribution in [2.45, 2.75) is 31.2 Å². The number of benzene rings is 3. The summed E-state index contributed by atoms with van der Waals surface area (Å²) in [6, 6.07) is 19.7. The monoisotopic (exact) mass is 442 g/mol. The predicted molar refractivity (Wildman–Crippen MR) is 120 cm³/mol. The number of amides is 1. The Bertz CT molecular complexity index is 1130. The van der Waals surface area contributed by atoms with Crippen molar-refractivity contribution >= 4 is 33.2 Å². The summed E-state index contributed by atoms with van der Waals surface area (Å²) in [5, 5.41) is 3.26. The van der Waals surface area contributed by atoms with Gasteiger partial charge in [-0.05, 0) is 73.4 Å². The van der Waals surface area contributed by atoms with Crippen molar-refractivity contribution < 1.29 is 13.2 Å². The van der Waals surface area contributed by atoms with E-state index < -0.39 is 22.0 Å². The average molecular weight is 443 g/mol. The third-order valence-corrected chi connectivity index (χ3v) is 6.53. The first-order chi connectivity index (χ1) is 14.2. The standard InChI is InChI=1S/C23H23ClN2O3S/c1-16-8-11-20(14-17(16)2)25-23(27)22(15-18-6-4-3-5-7-18)26-30(28,29)21-12-9-19(24)10-13-21/h3-14,22,26H,15H2,1-2H3,(H,25,27)/t22-/m0/s1. The van der Waals surface area contributed by atoms with Crippen LogP contribution in [0.1, 0.15) is 16.7 Å². The highest BCUT2D eigenvalue weighted by atomic mass is 35.5. The number of aryl methyl sites for hydroxylation is 2. The molecule has 3 aromatic carbocycles. The summed E-state index contributed by atoms with van der Waals surface area (Å²) in [7, 11) is -3.92. The van der Waals surface area contributed by atoms with E-state index in [2.05, 4.69) is 10.0 Å². The molecule has 3 rings (SSSR count). The first-order valence-corrected chi connectivity index (χ1v) is 11.3. The number of rotatable bonds is 7. The lowest BCUT2D eigenvalue weighted by Gasteiger charge is -2.19. The highest BCUT2D eigenvalue weighted by molar-refractivity contribution is 7.89. The van der Waals surface area contributed by atoms with E-state index in [-0.39, 0.29) is 11.3 Å². The van der Waals surface area contributed by atoms with Crippen LogP contribution in [0, 0.1) is 13.8 Å². The van der Waals surface area contributed by atoms with Crippen LogP contribution in [0.3, 0.4) is 0 Å². The van der Waals surface area contributed by atoms with Crippen LogP contribution in [0.5, 0.6) is 0 Å². The highest BCUT2D eigenvalue weighted by Crippen LogP contribution is 2.17. The highest BCUT2D eigenvalue weighted by Gasteiger charge is 2.26. The molecule has 0 saturated carbocycles. The van der Waals surface area contributed by atoms with Gasteiger partial charge in [-0.25, -0.2) is 8.42 Å². The van der Waals surface area contributed by atoms with E-state index >= 15 is 0 Å². The largest absolute Gasteiger partial charge is 0.325 e. The van der Waals surface area contributed by atoms with Gasteiger partial charge >= 0.3 is 0 Å². The van der Waals surface area contributed by atoms with Crippen LogP contribution in [-0.4, -0.2) is 20.4 Å². The molecule has 0 heterocycles. The molecule has 1 amide bonds. The van der Waals surface area contributed by atoms with Crippen molar-refractivity contribution in [3.05, 3.63) is 94.5 Å². The summed E-state index contributed by atoms with van der Waals surface area (Å²) in [6.45, 7) is 3.94. The number of carbonyl (C=O) groups is 1. The Hall–Kier alpha value is -2.67. The smallest absolute Gasteiger partial charge is 0.242 e. The maximum Gasteiger partial charge on any atom is 0.242 e. The maximum atomic E-state index is 13.0. The number of anilines is 1. The Morgan fingerprint density at radius 1 is 0.933 bits per heavy atom. The molecule has 3 aromatic rings. The fourth-order valence-electron chi connectivity index (χ4n) is 2.96. The summed E-state index contributed by atoms with van der Waals surface area (Å²) in [5.74, 6) is -0.431. The first-order valence-electron chi connectivity index (χ1n) is 9.44. The van der Waals surface area contributed by atoms with Gasteiger partial charge in [-0.2, -0.15) is 4.72 Å². The predicted octanol–water partition coefficient (Wildman–Crippen LogP) is 4.49. The second kappa shape index (κ2) is 9.43. The van der Waals surface area contributed by atoms with Crippen LogP contribution in [0.4, 0.5) is 5.69 Å². The van der Waals surface area contributed by atoms with E-state index in [0.29, 0.717) is 10.7 Å². The number of hydrogen-bond donors (Lipinski definition) is 2. The van der Waals surface area contributed by atoms with Gasteiger partial charge in [0.05, 0.1) is 4.90 Å². The van der Waals surface area contributed by atoms with Gasteiger partial charge in [-0.1, -0.05) is 48.0 Å². The van der Waals surface area contributed by atoms with Crippen LogP contribution in [-0.2, 0) is 21.2 Å². The van der Waals surface area contributed by atoms with Crippen molar-refractivity contribution in [1.29, 1.82) is 0 Å². The Labute approximate surface area is 182 Å². The number of carbonyl (C=O) groups excluding carboxylic acids is 1. The second-order valence-corrected chi connectivity index (χ2v) is 9.26. The minimum absolute atomic E-state index is 0.0453. The van der Waals surface area contributed by atoms with E-state index in [4.69, 9.17) is 11.6 Å². The number of nitrogens with one attached hydrogen (secondary N) is 2. The van der Waals surface area contributed by atoms with Crippen LogP contribution in [0.2, 0.25) is 5.02 Å². The molecule has 0 aromatic heterocycles. The van der Waals surface area contributed by atoms with Gasteiger partial charge < -0.3 is 5.32 Å². The zero-order chi connectivity index (χ0) is 21.7. The van der Waals surface area contributed by atoms with Crippen LogP contribution >= 0.6 is 11.6 Å². The molecule has 0 unspecified atom stereocenters. The third kappa shape index (κ3) is 5.69. The molecule has 5 nitrogen and oxygen atoms in total. The molecule has 0 aliphatic heterocycles. The first kappa shape index (κ1) is 22.0. The van der Waals surface area contributed by atoms with Crippen LogP contribution in [0.15, 0.2) is 77.7 Å². The maximum absolute atomic E-state index is 13.0. The van der Waals surface area contributed by atoms with Gasteiger partial charge in [0.15, 0.2) is 0 Å². The van der Waals surface area contributed by atoms with Gasteiger partial charge in [-0.15, -0.1) is 0 Å². The Morgan fingerprint density at radius 2 is 1.60 bits per heavy atom. The van der Waals surface area contributed by atoms with Gasteiger partial charge in [0.25, 0.3) is 0 Å². The lowest BCUT2D eigenvalue weighted by molar-refractivity contribution is -0.117. The van der Waals surface area contributed by atoms with Gasteiger partial charge in [0.2, 0.25) is 15.9 Å². The molecular weight excluding hydrogens is 420 g/mol. The van der Waals surface area contributed by atoms with E-state index in [1.165, 1.54) is 24.3 Å². The SMILES string of the molecule is Cc1ccc(NC(=O)[C@H](Cc2ccccc2)NS(=O)(=O)c2ccc(Cl)cc2)cc1C. The molecular formula is C23H23ClN2O3S. The summed E-state index contributed by atoms with van der Waals surface area (Å²) in [6.07, 6.45) is 0.213. The van der Waals surface area contributed by atoms with E-state index in [1.54, 1.807) is 6.07 Å². The van der Waals surface area contributed by atoms with Crippen molar-refractivity contribution in [2.24, 2.45) is 0 Å². The summed E-state index contributed by atoms with van der Waals surface area (Å²) >= 11 is 5.86. The minimum atomic E-state index is -3.92. The van der Waals surface area contributed by atoms with E-state index in [1.807, 2.05) is 56.3 Å². The Morgan fingerprint density at radius 3 is 2.23 bits per heavy atom. The van der Waals surface area contributed by atoms with Gasteiger partial charge in [0, 0.05) is 10.7 Å². The zero-order valence-corrected chi connectivity index (χ0v) is 18.3. The number of hydrogen-bond acceptors (Lipinski definition) is 3. The summed E-state index contributed by atoms with van der Waals surface area (Å²) in [4.78, 5) is 13.1. The summed E-state index contributed by atoms with van der Waals surface area (Å²) in [5.41, 5.74) is 3.61. The van der Waals surface area contributed by atoms with Crippen LogP contribution < -0.4 is 10.0 Å². The molecule has 0 aliphatic rings. The van der Waals surface area contributed by atoms with Crippen molar-refractivity contribution in [1.82, 2.24) is 4.72 Å². The molecule has 0 spiro atoms. The minimum Gasteiger partial charge on any atom is -0.325 e. The molecule has 1 atom stereocenters. The fraction of sp³-hybridized carbons (Fsp3) is 0.174. The molecule has 156 valence electrons. The number of halogens is 1. The average Bonchev–Trinajstić information content (AvgIpc) is 2.71. The van der Waals surface area contributed by atoms with E-state index in [0.717, 1.165) is 16.7 Å². The molecule has 7 heteroatoms. The Balaban J connectivity index is 1.86. The quantitative estimate of drug-likeness (QED) is 0.566. The lowest BCUT2D eigenvalue weighted by Crippen LogP contribution is -2.45. The molecule has 0 radical (unpaired) electrons. The topological polar surface area (TPSA) is 75.3 Å². The molecule has 0 bridgehead atoms. The normalized spacial score (nSPS) is 12.4. The van der Waals surface area contributed by atoms with Crippen molar-refractivity contribution in [3.8, 4) is 0 Å². The molecule has 2 N–H and O–H groups in total. The lowest BCUT2D eigenvalue weighted by atomic mass is 10.1. The molecule has 0 fully saturated rings. The van der Waals surface area contributed by atoms with Crippen molar-refractivity contribution in [3.63, 3.8) is 0 Å². The van der Waals surface area contributed by atoms with Crippen molar-refractivity contribution in [2.75, 3.05) is 5.32 Å². The van der Waals surface area contributed by atoms with Gasteiger partial charge in [0.1, 0.15) is 6.04 Å². The molecule has 0 aliphatic carbocycles. The molecule has 0 saturated heterocycles. The number of sulfonamides is 1. The van der Waals surface area contributed by atoms with Gasteiger partial charge in [-0.3, -0.25) is 4.79 Å². The van der Waals surface area contributed by atoms with E-state index in [9.17, 15) is 13.2 Å². The van der Waals surface area contributed by atoms with Crippen LogP contribution in [0.25, 0.3) is 0 Å². The fourth-order valence-corrected chi connectivity index (χ4v) is 4.28. The zero-order valence-electron chi connectivity index (χ0n) is 16.7. The Kier molecular flexibility index (Phi) is 6.92. The second-order valence-electron chi connectivity index (χ2n) is 7.11. The summed E-state index contributed by atoms with van der Waals surface area (Å²) < 4.78 is 28.3. The molecule has 30 heavy (non-hydrogen) atoms.